The largest absolute Gasteiger partial charge is 0.376 e. The fourth-order valence-corrected chi connectivity index (χ4v) is 2.11. The smallest absolute Gasteiger partial charge is 0.253 e. The number of aryl methyl sites for hydroxylation is 1. The third kappa shape index (κ3) is 3.10. The van der Waals surface area contributed by atoms with E-state index in [-0.39, 0.29) is 11.8 Å². The van der Waals surface area contributed by atoms with Crippen molar-refractivity contribution < 1.29 is 9.59 Å². The summed E-state index contributed by atoms with van der Waals surface area (Å²) in [5.41, 5.74) is 2.46. The minimum absolute atomic E-state index is 0.00861. The van der Waals surface area contributed by atoms with Crippen LogP contribution >= 0.6 is 0 Å². The number of amides is 2. The van der Waals surface area contributed by atoms with Crippen LogP contribution in [0.1, 0.15) is 22.3 Å². The zero-order valence-corrected chi connectivity index (χ0v) is 12.3. The van der Waals surface area contributed by atoms with Gasteiger partial charge in [-0.05, 0) is 37.1 Å². The van der Waals surface area contributed by atoms with Crippen LogP contribution in [0.4, 0.5) is 5.69 Å². The molecule has 1 heterocycles. The second kappa shape index (κ2) is 5.94. The minimum atomic E-state index is -0.00861. The average molecular weight is 275 g/mol. The Hall–Kier alpha value is -2.04. The maximum absolute atomic E-state index is 11.9. The van der Waals surface area contributed by atoms with Crippen LogP contribution in [-0.2, 0) is 4.79 Å². The van der Waals surface area contributed by atoms with Crippen LogP contribution in [0.15, 0.2) is 18.2 Å². The van der Waals surface area contributed by atoms with Crippen LogP contribution in [0.25, 0.3) is 0 Å². The first kappa shape index (κ1) is 14.4. The molecule has 1 aliphatic rings. The van der Waals surface area contributed by atoms with Gasteiger partial charge in [-0.1, -0.05) is 0 Å². The zero-order chi connectivity index (χ0) is 14.7. The molecule has 1 fully saturated rings. The SMILES string of the molecule is Cc1cc(NCC(=O)N2CCC2)ccc1C(=O)N(C)C. The lowest BCUT2D eigenvalue weighted by Crippen LogP contribution is -2.44. The Morgan fingerprint density at radius 3 is 2.50 bits per heavy atom. The van der Waals surface area contributed by atoms with Gasteiger partial charge < -0.3 is 15.1 Å². The first-order chi connectivity index (χ1) is 9.49. The van der Waals surface area contributed by atoms with Crippen LogP contribution in [0, 0.1) is 6.92 Å². The van der Waals surface area contributed by atoms with Gasteiger partial charge >= 0.3 is 0 Å². The van der Waals surface area contributed by atoms with Crippen LogP contribution in [0.2, 0.25) is 0 Å². The van der Waals surface area contributed by atoms with Gasteiger partial charge in [0.2, 0.25) is 5.91 Å². The molecule has 2 rings (SSSR count). The summed E-state index contributed by atoms with van der Waals surface area (Å²) in [6.45, 7) is 3.95. The molecule has 0 aromatic heterocycles. The van der Waals surface area contributed by atoms with Crippen molar-refractivity contribution in [3.63, 3.8) is 0 Å². The monoisotopic (exact) mass is 275 g/mol. The number of nitrogens with zero attached hydrogens (tertiary/aromatic N) is 2. The standard InChI is InChI=1S/C15H21N3O2/c1-11-9-12(5-6-13(11)15(20)17(2)3)16-10-14(19)18-7-4-8-18/h5-6,9,16H,4,7-8,10H2,1-3H3. The number of anilines is 1. The molecule has 1 saturated heterocycles. The maximum Gasteiger partial charge on any atom is 0.253 e. The lowest BCUT2D eigenvalue weighted by molar-refractivity contribution is -0.132. The van der Waals surface area contributed by atoms with Crippen molar-refractivity contribution in [2.45, 2.75) is 13.3 Å². The van der Waals surface area contributed by atoms with E-state index in [1.54, 1.807) is 25.1 Å². The third-order valence-corrected chi connectivity index (χ3v) is 3.52. The van der Waals surface area contributed by atoms with Gasteiger partial charge in [-0.2, -0.15) is 0 Å². The van der Waals surface area contributed by atoms with Gasteiger partial charge in [0, 0.05) is 38.4 Å². The number of carbonyl (C=O) groups is 2. The first-order valence-electron chi connectivity index (χ1n) is 6.83. The Bertz CT molecular complexity index is 522. The van der Waals surface area contributed by atoms with Crippen molar-refractivity contribution in [3.05, 3.63) is 29.3 Å². The van der Waals surface area contributed by atoms with Crippen LogP contribution in [0.3, 0.4) is 0 Å². The molecule has 0 spiro atoms. The Labute approximate surface area is 119 Å². The molecule has 20 heavy (non-hydrogen) atoms. The van der Waals surface area contributed by atoms with E-state index in [1.807, 2.05) is 24.0 Å². The fourth-order valence-electron chi connectivity index (χ4n) is 2.11. The molecule has 1 aromatic rings. The quantitative estimate of drug-likeness (QED) is 0.902. The summed E-state index contributed by atoms with van der Waals surface area (Å²) in [4.78, 5) is 27.1. The van der Waals surface area contributed by atoms with E-state index in [1.165, 1.54) is 0 Å². The molecule has 108 valence electrons. The number of likely N-dealkylation sites (tertiary alicyclic amines) is 1. The highest BCUT2D eigenvalue weighted by Gasteiger charge is 2.19. The minimum Gasteiger partial charge on any atom is -0.376 e. The highest BCUT2D eigenvalue weighted by molar-refractivity contribution is 5.95. The maximum atomic E-state index is 11.9. The second-order valence-corrected chi connectivity index (χ2v) is 5.32. The lowest BCUT2D eigenvalue weighted by atomic mass is 10.1. The Balaban J connectivity index is 1.98. The molecule has 1 aliphatic heterocycles. The summed E-state index contributed by atoms with van der Waals surface area (Å²) in [5.74, 6) is 0.119. The van der Waals surface area contributed by atoms with Gasteiger partial charge in [-0.25, -0.2) is 0 Å². The van der Waals surface area contributed by atoms with Gasteiger partial charge in [-0.3, -0.25) is 9.59 Å². The van der Waals surface area contributed by atoms with E-state index in [0.717, 1.165) is 30.8 Å². The summed E-state index contributed by atoms with van der Waals surface area (Å²) >= 11 is 0. The summed E-state index contributed by atoms with van der Waals surface area (Å²) < 4.78 is 0. The topological polar surface area (TPSA) is 52.7 Å². The fraction of sp³-hybridized carbons (Fsp3) is 0.467. The molecule has 0 bridgehead atoms. The molecule has 1 N–H and O–H groups in total. The highest BCUT2D eigenvalue weighted by atomic mass is 16.2. The van der Waals surface area contributed by atoms with E-state index in [2.05, 4.69) is 5.32 Å². The molecule has 1 aromatic carbocycles. The van der Waals surface area contributed by atoms with E-state index in [4.69, 9.17) is 0 Å². The third-order valence-electron chi connectivity index (χ3n) is 3.52. The summed E-state index contributed by atoms with van der Waals surface area (Å²) in [6.07, 6.45) is 1.10. The normalized spacial score (nSPS) is 13.7. The lowest BCUT2D eigenvalue weighted by Gasteiger charge is -2.31. The van der Waals surface area contributed by atoms with Gasteiger partial charge in [0.1, 0.15) is 0 Å². The highest BCUT2D eigenvalue weighted by Crippen LogP contribution is 2.16. The predicted octanol–water partition coefficient (Wildman–Crippen LogP) is 1.34. The molecular weight excluding hydrogens is 254 g/mol. The van der Waals surface area contributed by atoms with Gasteiger partial charge in [0.15, 0.2) is 0 Å². The van der Waals surface area contributed by atoms with Crippen LogP contribution < -0.4 is 5.32 Å². The van der Waals surface area contributed by atoms with Crippen molar-refractivity contribution in [3.8, 4) is 0 Å². The van der Waals surface area contributed by atoms with Crippen molar-refractivity contribution in [1.82, 2.24) is 9.80 Å². The van der Waals surface area contributed by atoms with Gasteiger partial charge in [0.25, 0.3) is 5.91 Å². The van der Waals surface area contributed by atoms with Crippen molar-refractivity contribution in [2.24, 2.45) is 0 Å². The Morgan fingerprint density at radius 2 is 2.00 bits per heavy atom. The molecular formula is C15H21N3O2. The van der Waals surface area contributed by atoms with Crippen LogP contribution in [-0.4, -0.2) is 55.3 Å². The number of benzene rings is 1. The first-order valence-corrected chi connectivity index (χ1v) is 6.83. The van der Waals surface area contributed by atoms with E-state index >= 15 is 0 Å². The molecule has 5 heteroatoms. The molecule has 0 unspecified atom stereocenters. The second-order valence-electron chi connectivity index (χ2n) is 5.32. The molecule has 5 nitrogen and oxygen atoms in total. The van der Waals surface area contributed by atoms with Gasteiger partial charge in [0.05, 0.1) is 6.54 Å². The molecule has 2 amide bonds. The number of carbonyl (C=O) groups excluding carboxylic acids is 2. The van der Waals surface area contributed by atoms with Crippen molar-refractivity contribution in [1.29, 1.82) is 0 Å². The number of hydrogen-bond acceptors (Lipinski definition) is 3. The summed E-state index contributed by atoms with van der Waals surface area (Å²) in [7, 11) is 3.47. The molecule has 0 saturated carbocycles. The Kier molecular flexibility index (Phi) is 4.27. The number of rotatable bonds is 4. The number of nitrogens with one attached hydrogen (secondary N) is 1. The predicted molar refractivity (Wildman–Crippen MR) is 78.9 cm³/mol. The zero-order valence-electron chi connectivity index (χ0n) is 12.3. The Morgan fingerprint density at radius 1 is 1.30 bits per heavy atom. The molecule has 0 radical (unpaired) electrons. The summed E-state index contributed by atoms with van der Waals surface area (Å²) in [5, 5.41) is 3.11. The molecule has 0 atom stereocenters. The number of hydrogen-bond donors (Lipinski definition) is 1. The summed E-state index contributed by atoms with van der Waals surface area (Å²) in [6, 6.07) is 5.54. The molecule has 0 aliphatic carbocycles. The van der Waals surface area contributed by atoms with E-state index in [0.29, 0.717) is 12.1 Å². The average Bonchev–Trinajstić information content (AvgIpc) is 2.33. The van der Waals surface area contributed by atoms with Gasteiger partial charge in [-0.15, -0.1) is 0 Å². The van der Waals surface area contributed by atoms with E-state index in [9.17, 15) is 9.59 Å². The van der Waals surface area contributed by atoms with Crippen molar-refractivity contribution >= 4 is 17.5 Å². The van der Waals surface area contributed by atoms with E-state index < -0.39 is 0 Å². The van der Waals surface area contributed by atoms with Crippen LogP contribution in [0.5, 0.6) is 0 Å². The van der Waals surface area contributed by atoms with Crippen molar-refractivity contribution in [2.75, 3.05) is 39.0 Å².